The molecule has 1 amide bonds. The van der Waals surface area contributed by atoms with Crippen LogP contribution in [0.25, 0.3) is 10.8 Å². The third-order valence-electron chi connectivity index (χ3n) is 11.4. The van der Waals surface area contributed by atoms with Crippen LogP contribution in [-0.4, -0.2) is 61.1 Å². The van der Waals surface area contributed by atoms with Crippen molar-refractivity contribution in [3.8, 4) is 5.75 Å². The summed E-state index contributed by atoms with van der Waals surface area (Å²) in [4.78, 5) is 42.6. The van der Waals surface area contributed by atoms with Gasteiger partial charge >= 0.3 is 7.12 Å². The number of ketones is 1. The Bertz CT molecular complexity index is 1580. The number of hydrogen-bond donors (Lipinski definition) is 3. The second-order valence-electron chi connectivity index (χ2n) is 15.4. The summed E-state index contributed by atoms with van der Waals surface area (Å²) in [6, 6.07) is 11.7. The SMILES string of the molecule is COc1ccc2cc([C@H](C)C(=O)C[C@@H](CCCN=C(N)N[N+](=O)[O-])C(=O)N[C@@H](CC(C)C)B3O[C@@H]4C[C@H]5C[C@H](C5(C)C)[C@]4(C)O3)ccc2c1. The van der Waals surface area contributed by atoms with Crippen molar-refractivity contribution in [2.24, 2.45) is 39.8 Å². The van der Waals surface area contributed by atoms with Crippen LogP contribution in [0.15, 0.2) is 41.4 Å². The van der Waals surface area contributed by atoms with Gasteiger partial charge in [-0.1, -0.05) is 64.3 Å². The molecule has 7 atom stereocenters. The predicted octanol–water partition coefficient (Wildman–Crippen LogP) is 5.20. The second kappa shape index (κ2) is 14.6. The van der Waals surface area contributed by atoms with Gasteiger partial charge in [-0.15, -0.1) is 0 Å². The fraction of sp³-hybridized carbons (Fsp3) is 0.639. The van der Waals surface area contributed by atoms with E-state index >= 15 is 0 Å². The molecule has 2 bridgehead atoms. The number of guanidine groups is 1. The van der Waals surface area contributed by atoms with Crippen LogP contribution in [0.5, 0.6) is 5.75 Å². The molecule has 266 valence electrons. The molecule has 1 aliphatic heterocycles. The molecule has 4 fully saturated rings. The lowest BCUT2D eigenvalue weighted by Crippen LogP contribution is -2.65. The first kappa shape index (κ1) is 36.6. The highest BCUT2D eigenvalue weighted by molar-refractivity contribution is 6.47. The topological polar surface area (TPSA) is 167 Å². The molecule has 0 aromatic heterocycles. The molecule has 1 heterocycles. The van der Waals surface area contributed by atoms with Crippen LogP contribution in [0.3, 0.4) is 0 Å². The molecule has 0 unspecified atom stereocenters. The van der Waals surface area contributed by atoms with Crippen LogP contribution < -0.4 is 21.2 Å². The molecule has 6 rings (SSSR count). The van der Waals surface area contributed by atoms with E-state index in [4.69, 9.17) is 19.8 Å². The lowest BCUT2D eigenvalue weighted by molar-refractivity contribution is -0.525. The summed E-state index contributed by atoms with van der Waals surface area (Å²) < 4.78 is 18.7. The number of methoxy groups -OCH3 is 1. The number of amides is 1. The number of fused-ring (bicyclic) bond motifs is 1. The van der Waals surface area contributed by atoms with Gasteiger partial charge in [-0.2, -0.15) is 0 Å². The van der Waals surface area contributed by atoms with Gasteiger partial charge in [0.2, 0.25) is 5.91 Å². The minimum Gasteiger partial charge on any atom is -0.497 e. The van der Waals surface area contributed by atoms with Crippen molar-refractivity contribution in [1.82, 2.24) is 10.7 Å². The number of nitrogens with two attached hydrogens (primary N) is 1. The van der Waals surface area contributed by atoms with Crippen molar-refractivity contribution in [1.29, 1.82) is 0 Å². The van der Waals surface area contributed by atoms with Crippen molar-refractivity contribution in [3.05, 3.63) is 52.1 Å². The van der Waals surface area contributed by atoms with E-state index in [1.807, 2.05) is 48.7 Å². The first-order chi connectivity index (χ1) is 23.1. The number of carbonyl (C=O) groups is 2. The normalized spacial score (nSPS) is 26.0. The molecule has 4 aliphatic rings. The zero-order valence-electron chi connectivity index (χ0n) is 29.9. The van der Waals surface area contributed by atoms with E-state index < -0.39 is 29.6 Å². The highest BCUT2D eigenvalue weighted by Crippen LogP contribution is 2.65. The summed E-state index contributed by atoms with van der Waals surface area (Å²) in [6.07, 6.45) is 3.50. The molecular formula is C36H52BN5O7. The number of aliphatic imine (C=N–C) groups is 1. The third-order valence-corrected chi connectivity index (χ3v) is 11.4. The molecule has 1 saturated heterocycles. The van der Waals surface area contributed by atoms with E-state index in [0.717, 1.165) is 34.9 Å². The number of rotatable bonds is 15. The van der Waals surface area contributed by atoms with Gasteiger partial charge in [-0.3, -0.25) is 9.59 Å². The van der Waals surface area contributed by atoms with Gasteiger partial charge in [0.1, 0.15) is 11.5 Å². The minimum atomic E-state index is -0.776. The van der Waals surface area contributed by atoms with Gasteiger partial charge in [-0.25, -0.2) is 15.1 Å². The number of nitrogens with zero attached hydrogens (tertiary/aromatic N) is 2. The zero-order valence-corrected chi connectivity index (χ0v) is 29.9. The minimum absolute atomic E-state index is 0.0156. The van der Waals surface area contributed by atoms with Gasteiger partial charge in [0, 0.05) is 24.8 Å². The Morgan fingerprint density at radius 1 is 1.14 bits per heavy atom. The molecule has 12 nitrogen and oxygen atoms in total. The van der Waals surface area contributed by atoms with Crippen LogP contribution in [0.2, 0.25) is 0 Å². The van der Waals surface area contributed by atoms with E-state index in [2.05, 4.69) is 44.9 Å². The smallest absolute Gasteiger partial charge is 0.481 e. The van der Waals surface area contributed by atoms with Gasteiger partial charge < -0.3 is 25.1 Å². The largest absolute Gasteiger partial charge is 0.497 e. The maximum Gasteiger partial charge on any atom is 0.481 e. The molecule has 4 N–H and O–H groups in total. The van der Waals surface area contributed by atoms with Crippen LogP contribution in [0, 0.1) is 39.2 Å². The molecule has 2 aromatic rings. The first-order valence-corrected chi connectivity index (χ1v) is 17.6. The zero-order chi connectivity index (χ0) is 35.7. The van der Waals surface area contributed by atoms with Crippen molar-refractivity contribution in [3.63, 3.8) is 0 Å². The maximum atomic E-state index is 14.1. The van der Waals surface area contributed by atoms with Crippen molar-refractivity contribution < 1.29 is 28.7 Å². The summed E-state index contributed by atoms with van der Waals surface area (Å²) in [7, 11) is 1.04. The monoisotopic (exact) mass is 677 g/mol. The predicted molar refractivity (Wildman–Crippen MR) is 189 cm³/mol. The van der Waals surface area contributed by atoms with Crippen molar-refractivity contribution in [2.75, 3.05) is 13.7 Å². The number of carbonyl (C=O) groups excluding carboxylic acids is 2. The fourth-order valence-corrected chi connectivity index (χ4v) is 8.35. The molecule has 0 radical (unpaired) electrons. The number of hydrogen-bond acceptors (Lipinski definition) is 8. The molecular weight excluding hydrogens is 625 g/mol. The summed E-state index contributed by atoms with van der Waals surface area (Å²) in [5.41, 5.74) is 8.08. The van der Waals surface area contributed by atoms with E-state index in [9.17, 15) is 19.7 Å². The van der Waals surface area contributed by atoms with E-state index in [-0.39, 0.29) is 54.0 Å². The molecule has 2 aromatic carbocycles. The standard InChI is InChI=1S/C36H52BN5O7/c1-21(2)15-32(37-48-31-20-27-19-30(35(27,4)5)36(31,6)49-37)40-33(44)26(9-8-14-39-34(38)41-42(45)46)18-29(43)22(3)23-10-11-25-17-28(47-7)13-12-24(25)16-23/h10-13,16-17,21-22,26-27,30-32H,8-9,14-15,18-20H2,1-7H3,(H,40,44)(H3,38,39,41)/t22-,26+,27+,30+,31+,32-,36-/m0/s1. The van der Waals surface area contributed by atoms with Crippen LogP contribution in [0.1, 0.15) is 91.5 Å². The summed E-state index contributed by atoms with van der Waals surface area (Å²) >= 11 is 0. The molecule has 3 aliphatic carbocycles. The van der Waals surface area contributed by atoms with Crippen LogP contribution >= 0.6 is 0 Å². The maximum absolute atomic E-state index is 14.1. The third kappa shape index (κ3) is 7.88. The summed E-state index contributed by atoms with van der Waals surface area (Å²) in [5, 5.41) is 15.2. The number of Topliss-reactive ketones (excluding diaryl/α,β-unsaturated/α-hetero) is 1. The number of nitro groups is 1. The number of hydrazine groups is 1. The average Bonchev–Trinajstić information content (AvgIpc) is 3.41. The van der Waals surface area contributed by atoms with Crippen LogP contribution in [-0.2, 0) is 18.9 Å². The Hall–Kier alpha value is -3.71. The average molecular weight is 678 g/mol. The first-order valence-electron chi connectivity index (χ1n) is 17.6. The van der Waals surface area contributed by atoms with Gasteiger partial charge in [0.15, 0.2) is 5.03 Å². The number of nitrogens with one attached hydrogen (secondary N) is 2. The number of ether oxygens (including phenoxy) is 1. The van der Waals surface area contributed by atoms with Gasteiger partial charge in [-0.05, 0) is 90.7 Å². The van der Waals surface area contributed by atoms with E-state index in [0.29, 0.717) is 31.1 Å². The Labute approximate surface area is 289 Å². The molecule has 13 heteroatoms. The van der Waals surface area contributed by atoms with Gasteiger partial charge in [0.05, 0.1) is 24.8 Å². The Balaban J connectivity index is 1.31. The van der Waals surface area contributed by atoms with Crippen molar-refractivity contribution >= 4 is 35.5 Å². The Kier molecular flexibility index (Phi) is 10.9. The second-order valence-corrected chi connectivity index (χ2v) is 15.4. The van der Waals surface area contributed by atoms with Gasteiger partial charge in [0.25, 0.3) is 5.96 Å². The molecule has 49 heavy (non-hydrogen) atoms. The Morgan fingerprint density at radius 3 is 2.53 bits per heavy atom. The molecule has 0 spiro atoms. The van der Waals surface area contributed by atoms with E-state index in [1.165, 1.54) is 0 Å². The summed E-state index contributed by atoms with van der Waals surface area (Å²) in [6.45, 7) is 13.0. The lowest BCUT2D eigenvalue weighted by atomic mass is 9.43. The van der Waals surface area contributed by atoms with Crippen molar-refractivity contribution in [2.45, 2.75) is 104 Å². The van der Waals surface area contributed by atoms with E-state index in [1.54, 1.807) is 7.11 Å². The fourth-order valence-electron chi connectivity index (χ4n) is 8.35. The summed E-state index contributed by atoms with van der Waals surface area (Å²) in [5.74, 6) is -0.0650. The highest BCUT2D eigenvalue weighted by Gasteiger charge is 2.68. The lowest BCUT2D eigenvalue weighted by Gasteiger charge is -2.64. The molecule has 3 saturated carbocycles. The Morgan fingerprint density at radius 2 is 1.86 bits per heavy atom. The van der Waals surface area contributed by atoms with Crippen LogP contribution in [0.4, 0.5) is 0 Å². The quantitative estimate of drug-likeness (QED) is 0.0573. The number of benzene rings is 2. The highest BCUT2D eigenvalue weighted by atomic mass is 16.7.